The maximum Gasteiger partial charge on any atom is 0.240 e. The quantitative estimate of drug-likeness (QED) is 0.869. The third kappa shape index (κ3) is 3.17. The number of fused-ring (bicyclic) bond motifs is 1. The second-order valence-electron chi connectivity index (χ2n) is 3.67. The molecule has 0 aliphatic heterocycles. The van der Waals surface area contributed by atoms with Crippen LogP contribution in [0.1, 0.15) is 23.4 Å². The van der Waals surface area contributed by atoms with Gasteiger partial charge in [-0.3, -0.25) is 4.79 Å². The van der Waals surface area contributed by atoms with Crippen LogP contribution in [0.15, 0.2) is 0 Å². The summed E-state index contributed by atoms with van der Waals surface area (Å²) in [5, 5.41) is 6.37. The highest BCUT2D eigenvalue weighted by Crippen LogP contribution is 2.29. The van der Waals surface area contributed by atoms with E-state index in [1.165, 1.54) is 23.4 Å². The van der Waals surface area contributed by atoms with Crippen LogP contribution in [0.25, 0.3) is 0 Å². The lowest BCUT2D eigenvalue weighted by Gasteiger charge is -2.06. The molecule has 0 radical (unpaired) electrons. The zero-order chi connectivity index (χ0) is 10.7. The number of nitrogens with one attached hydrogen (secondary N) is 2. The molecule has 0 aromatic carbocycles. The summed E-state index contributed by atoms with van der Waals surface area (Å²) in [6, 6.07) is 0. The van der Waals surface area contributed by atoms with Crippen molar-refractivity contribution in [2.24, 2.45) is 0 Å². The highest BCUT2D eigenvalue weighted by Gasteiger charge is 2.15. The third-order valence-electron chi connectivity index (χ3n) is 2.43. The number of aryl methyl sites for hydroxylation is 2. The van der Waals surface area contributed by atoms with E-state index in [2.05, 4.69) is 15.6 Å². The first-order chi connectivity index (χ1) is 7.29. The molecule has 0 fully saturated rings. The largest absolute Gasteiger partial charge is 0.311 e. The van der Waals surface area contributed by atoms with Crippen molar-refractivity contribution in [2.45, 2.75) is 25.7 Å². The monoisotopic (exact) mass is 261 g/mol. The molecule has 1 amide bonds. The zero-order valence-electron chi connectivity index (χ0n) is 9.21. The first kappa shape index (κ1) is 13.4. The SMILES string of the molecule is CNCC(=O)Nc1nc2c(s1)CCCC2.Cl. The number of rotatable bonds is 3. The summed E-state index contributed by atoms with van der Waals surface area (Å²) in [7, 11) is 1.76. The van der Waals surface area contributed by atoms with Crippen molar-refractivity contribution in [1.82, 2.24) is 10.3 Å². The molecule has 1 aliphatic rings. The van der Waals surface area contributed by atoms with Crippen molar-refractivity contribution >= 4 is 34.8 Å². The van der Waals surface area contributed by atoms with Crippen LogP contribution in [0, 0.1) is 0 Å². The number of likely N-dealkylation sites (N-methyl/N-ethyl adjacent to an activating group) is 1. The van der Waals surface area contributed by atoms with Gasteiger partial charge in [-0.2, -0.15) is 0 Å². The van der Waals surface area contributed by atoms with Gasteiger partial charge in [0.15, 0.2) is 5.13 Å². The maximum atomic E-state index is 11.3. The Hall–Kier alpha value is -0.650. The Morgan fingerprint density at radius 1 is 1.44 bits per heavy atom. The van der Waals surface area contributed by atoms with Crippen molar-refractivity contribution in [2.75, 3.05) is 18.9 Å². The molecule has 1 aliphatic carbocycles. The van der Waals surface area contributed by atoms with E-state index in [4.69, 9.17) is 0 Å². The first-order valence-electron chi connectivity index (χ1n) is 5.22. The van der Waals surface area contributed by atoms with Crippen molar-refractivity contribution in [3.8, 4) is 0 Å². The summed E-state index contributed by atoms with van der Waals surface area (Å²) in [6.45, 7) is 0.338. The number of aromatic nitrogens is 1. The van der Waals surface area contributed by atoms with Crippen LogP contribution in [-0.4, -0.2) is 24.5 Å². The van der Waals surface area contributed by atoms with Gasteiger partial charge in [0.2, 0.25) is 5.91 Å². The molecule has 0 bridgehead atoms. The van der Waals surface area contributed by atoms with Crippen LogP contribution in [0.4, 0.5) is 5.13 Å². The Kier molecular flexibility index (Phi) is 5.18. The molecule has 4 nitrogen and oxygen atoms in total. The lowest BCUT2D eigenvalue weighted by Crippen LogP contribution is -2.24. The maximum absolute atomic E-state index is 11.3. The Morgan fingerprint density at radius 3 is 2.88 bits per heavy atom. The van der Waals surface area contributed by atoms with Gasteiger partial charge in [-0.15, -0.1) is 23.7 Å². The Morgan fingerprint density at radius 2 is 2.19 bits per heavy atom. The van der Waals surface area contributed by atoms with Crippen LogP contribution in [0.3, 0.4) is 0 Å². The van der Waals surface area contributed by atoms with E-state index < -0.39 is 0 Å². The molecule has 0 unspecified atom stereocenters. The van der Waals surface area contributed by atoms with E-state index in [0.717, 1.165) is 18.0 Å². The number of hydrogen-bond donors (Lipinski definition) is 2. The fraction of sp³-hybridized carbons (Fsp3) is 0.600. The molecule has 0 atom stereocenters. The van der Waals surface area contributed by atoms with Crippen LogP contribution < -0.4 is 10.6 Å². The minimum Gasteiger partial charge on any atom is -0.311 e. The number of thiazole rings is 1. The van der Waals surface area contributed by atoms with E-state index in [-0.39, 0.29) is 18.3 Å². The second-order valence-corrected chi connectivity index (χ2v) is 4.76. The summed E-state index contributed by atoms with van der Waals surface area (Å²) < 4.78 is 0. The number of nitrogens with zero attached hydrogens (tertiary/aromatic N) is 1. The molecule has 2 rings (SSSR count). The van der Waals surface area contributed by atoms with Crippen molar-refractivity contribution < 1.29 is 4.79 Å². The molecule has 1 aromatic rings. The third-order valence-corrected chi connectivity index (χ3v) is 3.50. The molecule has 2 N–H and O–H groups in total. The molecule has 1 heterocycles. The molecular formula is C10H16ClN3OS. The highest BCUT2D eigenvalue weighted by atomic mass is 35.5. The van der Waals surface area contributed by atoms with Crippen LogP contribution in [0.5, 0.6) is 0 Å². The van der Waals surface area contributed by atoms with Crippen molar-refractivity contribution in [3.63, 3.8) is 0 Å². The van der Waals surface area contributed by atoms with E-state index in [9.17, 15) is 4.79 Å². The summed E-state index contributed by atoms with van der Waals surface area (Å²) in [4.78, 5) is 17.1. The van der Waals surface area contributed by atoms with Crippen molar-refractivity contribution in [3.05, 3.63) is 10.6 Å². The van der Waals surface area contributed by atoms with Crippen LogP contribution in [-0.2, 0) is 17.6 Å². The average Bonchev–Trinajstić information content (AvgIpc) is 2.59. The number of carbonyl (C=O) groups excluding carboxylic acids is 1. The van der Waals surface area contributed by atoms with E-state index in [1.54, 1.807) is 18.4 Å². The molecule has 6 heteroatoms. The summed E-state index contributed by atoms with van der Waals surface area (Å²) in [6.07, 6.45) is 4.66. The molecule has 0 spiro atoms. The van der Waals surface area contributed by atoms with Gasteiger partial charge in [-0.1, -0.05) is 0 Å². The van der Waals surface area contributed by atoms with Crippen LogP contribution in [0.2, 0.25) is 0 Å². The van der Waals surface area contributed by atoms with Gasteiger partial charge in [0, 0.05) is 4.88 Å². The summed E-state index contributed by atoms with van der Waals surface area (Å²) in [5.41, 5.74) is 1.19. The minimum atomic E-state index is -0.0244. The molecule has 0 saturated carbocycles. The summed E-state index contributed by atoms with van der Waals surface area (Å²) >= 11 is 1.62. The highest BCUT2D eigenvalue weighted by molar-refractivity contribution is 7.15. The Bertz CT molecular complexity index is 343. The predicted molar refractivity (Wildman–Crippen MR) is 68.6 cm³/mol. The van der Waals surface area contributed by atoms with Crippen LogP contribution >= 0.6 is 23.7 Å². The number of halogens is 1. The fourth-order valence-electron chi connectivity index (χ4n) is 1.73. The van der Waals surface area contributed by atoms with Gasteiger partial charge >= 0.3 is 0 Å². The second kappa shape index (κ2) is 6.18. The average molecular weight is 262 g/mol. The molecule has 0 saturated heterocycles. The minimum absolute atomic E-state index is 0. The number of hydrogen-bond acceptors (Lipinski definition) is 4. The standard InChI is InChI=1S/C10H15N3OS.ClH/c1-11-6-9(14)13-10-12-7-4-2-3-5-8(7)15-10;/h11H,2-6H2,1H3,(H,12,13,14);1H. The molecular weight excluding hydrogens is 246 g/mol. The number of amides is 1. The first-order valence-corrected chi connectivity index (χ1v) is 6.04. The molecule has 1 aromatic heterocycles. The van der Waals surface area contributed by atoms with E-state index in [1.807, 2.05) is 0 Å². The van der Waals surface area contributed by atoms with Crippen molar-refractivity contribution in [1.29, 1.82) is 0 Å². The number of anilines is 1. The smallest absolute Gasteiger partial charge is 0.240 e. The van der Waals surface area contributed by atoms with Gasteiger partial charge in [0.05, 0.1) is 12.2 Å². The van der Waals surface area contributed by atoms with E-state index in [0.29, 0.717) is 6.54 Å². The summed E-state index contributed by atoms with van der Waals surface area (Å²) in [5.74, 6) is -0.0244. The fourth-order valence-corrected chi connectivity index (χ4v) is 2.80. The van der Waals surface area contributed by atoms with E-state index >= 15 is 0 Å². The normalized spacial score (nSPS) is 13.8. The lowest BCUT2D eigenvalue weighted by atomic mass is 10.0. The van der Waals surface area contributed by atoms with Gasteiger partial charge in [0.25, 0.3) is 0 Å². The Balaban J connectivity index is 0.00000128. The predicted octanol–water partition coefficient (Wildman–Crippen LogP) is 1.60. The van der Waals surface area contributed by atoms with Gasteiger partial charge in [0.1, 0.15) is 0 Å². The lowest BCUT2D eigenvalue weighted by molar-refractivity contribution is -0.115. The van der Waals surface area contributed by atoms with Gasteiger partial charge < -0.3 is 10.6 Å². The molecule has 90 valence electrons. The van der Waals surface area contributed by atoms with Gasteiger partial charge in [-0.25, -0.2) is 4.98 Å². The van der Waals surface area contributed by atoms with Gasteiger partial charge in [-0.05, 0) is 32.7 Å². The number of carbonyl (C=O) groups is 1. The zero-order valence-corrected chi connectivity index (χ0v) is 10.8. The molecule has 16 heavy (non-hydrogen) atoms. The topological polar surface area (TPSA) is 54.0 Å². The Labute approximate surface area is 105 Å².